The molecular weight excluding hydrogens is 1150 g/mol. The molecule has 0 radical (unpaired) electrons. The summed E-state index contributed by atoms with van der Waals surface area (Å²) in [6.07, 6.45) is 0.626. The molecule has 6 fully saturated rings. The molecule has 1 unspecified atom stereocenters. The van der Waals surface area contributed by atoms with Gasteiger partial charge in [0.1, 0.15) is 5.82 Å². The molecule has 6 heterocycles. The zero-order valence-corrected chi connectivity index (χ0v) is 52.4. The van der Waals surface area contributed by atoms with E-state index in [1.54, 1.807) is 52.0 Å². The largest absolute Gasteiger partial charge is 0.471 e. The van der Waals surface area contributed by atoms with Gasteiger partial charge in [-0.1, -0.05) is 29.8 Å². The summed E-state index contributed by atoms with van der Waals surface area (Å²) in [4.78, 5) is 80.1. The van der Waals surface area contributed by atoms with E-state index in [2.05, 4.69) is 29.2 Å². The molecule has 0 spiro atoms. The number of carbonyl (C=O) groups is 5. The number of nitrogens with zero attached hydrogens (tertiary/aromatic N) is 10. The van der Waals surface area contributed by atoms with Crippen LogP contribution in [0.3, 0.4) is 0 Å². The van der Waals surface area contributed by atoms with Crippen LogP contribution in [-0.2, 0) is 14.3 Å². The number of likely N-dealkylation sites (N-methyl/N-ethyl adjacent to an activating group) is 3. The topological polar surface area (TPSA) is 168 Å². The average molecular weight is 1240 g/mol. The zero-order valence-electron chi connectivity index (χ0n) is 48.6. The van der Waals surface area contributed by atoms with E-state index in [0.29, 0.717) is 100 Å². The first-order valence-corrected chi connectivity index (χ1v) is 28.0. The fourth-order valence-corrected chi connectivity index (χ4v) is 11.2. The molecule has 6 aliphatic rings. The predicted octanol–water partition coefficient (Wildman–Crippen LogP) is 5.50. The molecule has 2 aromatic carbocycles. The van der Waals surface area contributed by atoms with Crippen molar-refractivity contribution in [3.8, 4) is 11.1 Å². The van der Waals surface area contributed by atoms with E-state index in [0.717, 1.165) is 75.4 Å². The second kappa shape index (κ2) is 34.2. The van der Waals surface area contributed by atoms with E-state index in [-0.39, 0.29) is 102 Å². The standard InChI is InChI=1S/C27H34ClFN4O3.C17H29F3N4O3.C11H21N3O2.3H2S/c1-31(26(34)24-9-6-20(16-25(24)29)19-4-7-21(28)8-5-19)23-11-14-33(18-23)27(35)32-13-10-22(17-32)30-12-3-15-36-2;1-21(2)13-5-8-22(11-13)16(26)23-9-6-14(12-23)24(7-4-10-27-3)15(25)17(18,19)20;1-12(2)9-3-5-13(7-9)11(16)14-6-4-10(15)8-14;;;/h4-9,16,22-23,30H,3,10-15,17-18H2,1-2H3;13-14H,4-12H2,1-3H3;9-10,15H,3-8H2,1-2H3;3*1H2/t22-,23+;13-,14+;9?,10-;;;/m100.../s1. The van der Waals surface area contributed by atoms with Gasteiger partial charge in [-0.2, -0.15) is 53.7 Å². The number of urea groups is 3. The number of aliphatic hydroxyl groups is 1. The third-order valence-electron chi connectivity index (χ3n) is 16.0. The van der Waals surface area contributed by atoms with Gasteiger partial charge in [0, 0.05) is 143 Å². The van der Waals surface area contributed by atoms with Crippen LogP contribution in [0.4, 0.5) is 31.9 Å². The first-order valence-electron chi connectivity index (χ1n) is 27.6. The molecular formula is C55H90ClF4N11O8S3. The second-order valence-corrected chi connectivity index (χ2v) is 22.3. The Morgan fingerprint density at radius 2 is 1.05 bits per heavy atom. The summed E-state index contributed by atoms with van der Waals surface area (Å²) in [5, 5.41) is 13.5. The van der Waals surface area contributed by atoms with Crippen LogP contribution in [-0.4, -0.2) is 281 Å². The minimum atomic E-state index is -4.92. The van der Waals surface area contributed by atoms with E-state index in [1.165, 1.54) is 19.2 Å². The molecule has 27 heteroatoms. The number of ether oxygens (including phenoxy) is 2. The van der Waals surface area contributed by atoms with Crippen LogP contribution in [0.5, 0.6) is 0 Å². The molecule has 2 aromatic rings. The van der Waals surface area contributed by atoms with Gasteiger partial charge in [-0.05, 0) is 121 Å². The highest BCUT2D eigenvalue weighted by Gasteiger charge is 2.47. The van der Waals surface area contributed by atoms with E-state index < -0.39 is 23.9 Å². The molecule has 0 saturated carbocycles. The fraction of sp³-hybridized carbons (Fsp3) is 0.691. The predicted molar refractivity (Wildman–Crippen MR) is 324 cm³/mol. The van der Waals surface area contributed by atoms with E-state index in [1.807, 2.05) is 40.9 Å². The summed E-state index contributed by atoms with van der Waals surface area (Å²) in [7, 11) is 12.9. The van der Waals surface area contributed by atoms with Crippen molar-refractivity contribution >= 4 is 82.0 Å². The maximum atomic E-state index is 14.9. The van der Waals surface area contributed by atoms with Crippen molar-refractivity contribution in [2.45, 2.75) is 93.9 Å². The smallest absolute Gasteiger partial charge is 0.391 e. The van der Waals surface area contributed by atoms with Crippen molar-refractivity contribution in [3.63, 3.8) is 0 Å². The number of alkyl halides is 3. The van der Waals surface area contributed by atoms with Crippen molar-refractivity contribution in [3.05, 3.63) is 58.9 Å². The van der Waals surface area contributed by atoms with E-state index >= 15 is 0 Å². The molecule has 0 aromatic heterocycles. The third-order valence-corrected chi connectivity index (χ3v) is 16.2. The maximum Gasteiger partial charge on any atom is 0.471 e. The van der Waals surface area contributed by atoms with Gasteiger partial charge < -0.3 is 68.9 Å². The molecule has 0 bridgehead atoms. The van der Waals surface area contributed by atoms with E-state index in [4.69, 9.17) is 21.1 Å². The van der Waals surface area contributed by atoms with Crippen LogP contribution in [0.25, 0.3) is 11.1 Å². The number of hydrogen-bond acceptors (Lipinski definition) is 11. The highest BCUT2D eigenvalue weighted by atomic mass is 35.5. The minimum Gasteiger partial charge on any atom is -0.391 e. The summed E-state index contributed by atoms with van der Waals surface area (Å²) in [6, 6.07) is 12.0. The fourth-order valence-electron chi connectivity index (χ4n) is 11.1. The number of carbonyl (C=O) groups excluding carboxylic acids is 5. The van der Waals surface area contributed by atoms with Crippen molar-refractivity contribution in [2.75, 3.05) is 154 Å². The highest BCUT2D eigenvalue weighted by molar-refractivity contribution is 7.59. The lowest BCUT2D eigenvalue weighted by molar-refractivity contribution is -0.187. The maximum absolute atomic E-state index is 14.9. The summed E-state index contributed by atoms with van der Waals surface area (Å²) in [5.41, 5.74) is 1.53. The molecule has 8 amide bonds. The van der Waals surface area contributed by atoms with Crippen molar-refractivity contribution < 1.29 is 56.1 Å². The molecule has 6 aliphatic heterocycles. The Morgan fingerprint density at radius 1 is 0.610 bits per heavy atom. The van der Waals surface area contributed by atoms with Gasteiger partial charge in [-0.15, -0.1) is 0 Å². The third kappa shape index (κ3) is 20.1. The SMILES string of the molecule is CN(C)C1CCN(C(=O)N2CC[C@H](O)C2)C1.COCCCN(C(=O)C(F)(F)F)[C@@H]1CCN(C(=O)N2CC[C@H](N(C)C)C2)C1.COCCCN[C@@H]1CCN(C(=O)N2CC[C@H](N(C)C(=O)c3ccc(-c4ccc(Cl)cc4)cc3F)C2)C1.S.S.S. The first-order chi connectivity index (χ1) is 37.6. The summed E-state index contributed by atoms with van der Waals surface area (Å²) in [6.45, 7) is 8.89. The number of aliphatic hydroxyl groups excluding tert-OH is 1. The van der Waals surface area contributed by atoms with Gasteiger partial charge in [-0.25, -0.2) is 18.8 Å². The van der Waals surface area contributed by atoms with Gasteiger partial charge in [0.05, 0.1) is 23.8 Å². The van der Waals surface area contributed by atoms with E-state index in [9.17, 15) is 46.6 Å². The monoisotopic (exact) mass is 1240 g/mol. The van der Waals surface area contributed by atoms with Gasteiger partial charge in [-0.3, -0.25) is 9.59 Å². The van der Waals surface area contributed by atoms with Gasteiger partial charge >= 0.3 is 30.2 Å². The van der Waals surface area contributed by atoms with Gasteiger partial charge in [0.25, 0.3) is 5.91 Å². The second-order valence-electron chi connectivity index (χ2n) is 21.9. The van der Waals surface area contributed by atoms with Gasteiger partial charge in [0.15, 0.2) is 0 Å². The summed E-state index contributed by atoms with van der Waals surface area (Å²) >= 11 is 5.94. The number of rotatable bonds is 15. The molecule has 466 valence electrons. The summed E-state index contributed by atoms with van der Waals surface area (Å²) in [5.74, 6) is -2.78. The molecule has 6 saturated heterocycles. The van der Waals surface area contributed by atoms with Crippen molar-refractivity contribution in [1.82, 2.24) is 54.3 Å². The van der Waals surface area contributed by atoms with Crippen LogP contribution in [0.15, 0.2) is 42.5 Å². The first kappa shape index (κ1) is 72.3. The van der Waals surface area contributed by atoms with Crippen LogP contribution >= 0.6 is 52.1 Å². The van der Waals surface area contributed by atoms with Crippen LogP contribution < -0.4 is 5.32 Å². The van der Waals surface area contributed by atoms with Crippen LogP contribution in [0, 0.1) is 5.82 Å². The van der Waals surface area contributed by atoms with Crippen LogP contribution in [0.2, 0.25) is 5.02 Å². The number of methoxy groups -OCH3 is 2. The normalized spacial score (nSPS) is 22.3. The lowest BCUT2D eigenvalue weighted by Gasteiger charge is -2.30. The lowest BCUT2D eigenvalue weighted by Crippen LogP contribution is -2.50. The quantitative estimate of drug-likeness (QED) is 0.171. The highest BCUT2D eigenvalue weighted by Crippen LogP contribution is 2.28. The number of likely N-dealkylation sites (tertiary alicyclic amines) is 6. The Morgan fingerprint density at radius 3 is 1.52 bits per heavy atom. The summed E-state index contributed by atoms with van der Waals surface area (Å²) < 4.78 is 63.8. The van der Waals surface area contributed by atoms with Crippen LogP contribution in [0.1, 0.15) is 61.7 Å². The number of hydrogen-bond donors (Lipinski definition) is 2. The number of nitrogens with one attached hydrogen (secondary N) is 1. The number of halogens is 5. The van der Waals surface area contributed by atoms with Crippen molar-refractivity contribution in [2.24, 2.45) is 0 Å². The lowest BCUT2D eigenvalue weighted by atomic mass is 10.0. The number of amides is 8. The average Bonchev–Trinajstić information content (AvgIpc) is 4.30. The Balaban J connectivity index is 0.000000339. The molecule has 19 nitrogen and oxygen atoms in total. The minimum absolute atomic E-state index is 0. The Hall–Kier alpha value is -3.99. The molecule has 2 N–H and O–H groups in total. The Kier molecular flexibility index (Phi) is 30.2. The number of β-amino-alcohol motifs (C(OH)–C–C–N with tert-alkyl or cyclic N) is 1. The molecule has 82 heavy (non-hydrogen) atoms. The van der Waals surface area contributed by atoms with Gasteiger partial charge in [0.2, 0.25) is 0 Å². The molecule has 6 atom stereocenters. The Labute approximate surface area is 508 Å². The zero-order chi connectivity index (χ0) is 57.6. The number of benzene rings is 2. The molecule has 0 aliphatic carbocycles. The Bertz CT molecular complexity index is 2340. The molecule has 8 rings (SSSR count). The van der Waals surface area contributed by atoms with Crippen molar-refractivity contribution in [1.29, 1.82) is 0 Å².